The summed E-state index contributed by atoms with van der Waals surface area (Å²) in [4.78, 5) is 41.6. The van der Waals surface area contributed by atoms with Gasteiger partial charge in [0.15, 0.2) is 0 Å². The van der Waals surface area contributed by atoms with E-state index in [1.165, 1.54) is 0 Å². The Bertz CT molecular complexity index is 1140. The topological polar surface area (TPSA) is 108 Å². The number of benzene rings is 2. The number of nitrogens with one attached hydrogen (secondary N) is 2. The summed E-state index contributed by atoms with van der Waals surface area (Å²) in [6, 6.07) is 12.7. The number of anilines is 1. The number of aliphatic hydroxyl groups excluding tert-OH is 1. The van der Waals surface area contributed by atoms with Crippen molar-refractivity contribution >= 4 is 50.1 Å². The minimum atomic E-state index is -1.08. The zero-order valence-corrected chi connectivity index (χ0v) is 20.5. The predicted octanol–water partition coefficient (Wildman–Crippen LogP) is 2.04. The standard InChI is InChI=1S/C25H28BrN3O5/c1-27-22(31)18-19-24(33)29(10-4-5-11-30)21(25(19)13-17(26)20(18)34-25)23(32)28-16-9-8-14-6-2-3-7-15(14)12-16/h2-3,6-9,12,17-21,30H,4-5,10-11,13H2,1H3,(H,27,31)(H,28,32)/t17?,18-,19-,20-,21?,25?/m0/s1. The SMILES string of the molecule is CNC(=O)[C@H]1[C@H]2C(=O)N(CCCCO)C(C(=O)Nc3ccc4ccccc4c3)C23CC(Br)[C@@H]1O3. The lowest BCUT2D eigenvalue weighted by Crippen LogP contribution is -2.54. The first kappa shape index (κ1) is 23.3. The molecule has 2 aromatic carbocycles. The molecule has 3 aliphatic rings. The smallest absolute Gasteiger partial charge is 0.250 e. The van der Waals surface area contributed by atoms with E-state index in [9.17, 15) is 19.5 Å². The molecule has 1 spiro atoms. The maximum absolute atomic E-state index is 13.8. The lowest BCUT2D eigenvalue weighted by Gasteiger charge is -2.34. The normalized spacial score (nSPS) is 31.7. The first-order valence-corrected chi connectivity index (χ1v) is 12.6. The van der Waals surface area contributed by atoms with Crippen molar-refractivity contribution in [1.82, 2.24) is 10.2 Å². The monoisotopic (exact) mass is 529 g/mol. The molecule has 3 N–H and O–H groups in total. The summed E-state index contributed by atoms with van der Waals surface area (Å²) >= 11 is 3.64. The first-order chi connectivity index (χ1) is 16.4. The van der Waals surface area contributed by atoms with Gasteiger partial charge in [-0.1, -0.05) is 46.3 Å². The van der Waals surface area contributed by atoms with Crippen LogP contribution in [0.5, 0.6) is 0 Å². The van der Waals surface area contributed by atoms with Gasteiger partial charge in [-0.2, -0.15) is 0 Å². The van der Waals surface area contributed by atoms with Crippen molar-refractivity contribution in [2.24, 2.45) is 11.8 Å². The highest BCUT2D eigenvalue weighted by Crippen LogP contribution is 2.60. The van der Waals surface area contributed by atoms with Gasteiger partial charge >= 0.3 is 0 Å². The lowest BCUT2D eigenvalue weighted by molar-refractivity contribution is -0.140. The number of amides is 3. The van der Waals surface area contributed by atoms with Crippen LogP contribution in [0.1, 0.15) is 19.3 Å². The molecule has 3 saturated heterocycles. The Kier molecular flexibility index (Phi) is 6.12. The summed E-state index contributed by atoms with van der Waals surface area (Å²) in [6.07, 6.45) is 1.07. The summed E-state index contributed by atoms with van der Waals surface area (Å²) in [5, 5.41) is 17.0. The number of nitrogens with zero attached hydrogens (tertiary/aromatic N) is 1. The van der Waals surface area contributed by atoms with Crippen LogP contribution in [0.3, 0.4) is 0 Å². The molecule has 3 fully saturated rings. The number of alkyl halides is 1. The molecular weight excluding hydrogens is 502 g/mol. The van der Waals surface area contributed by atoms with Crippen LogP contribution in [0, 0.1) is 11.8 Å². The number of hydrogen-bond donors (Lipinski definition) is 3. The number of unbranched alkanes of at least 4 members (excludes halogenated alkanes) is 1. The van der Waals surface area contributed by atoms with E-state index < -0.39 is 29.6 Å². The van der Waals surface area contributed by atoms with Crippen molar-refractivity contribution in [2.45, 2.75) is 41.8 Å². The van der Waals surface area contributed by atoms with E-state index in [0.29, 0.717) is 31.5 Å². The molecule has 6 atom stereocenters. The zero-order chi connectivity index (χ0) is 24.0. The second-order valence-electron chi connectivity index (χ2n) is 9.29. The Morgan fingerprint density at radius 2 is 1.94 bits per heavy atom. The van der Waals surface area contributed by atoms with E-state index in [4.69, 9.17) is 4.74 Å². The molecule has 2 bridgehead atoms. The first-order valence-electron chi connectivity index (χ1n) is 11.7. The summed E-state index contributed by atoms with van der Waals surface area (Å²) in [6.45, 7) is 0.322. The zero-order valence-electron chi connectivity index (χ0n) is 18.9. The second-order valence-corrected chi connectivity index (χ2v) is 10.5. The van der Waals surface area contributed by atoms with E-state index in [1.54, 1.807) is 11.9 Å². The third kappa shape index (κ3) is 3.52. The van der Waals surface area contributed by atoms with Gasteiger partial charge in [0.25, 0.3) is 0 Å². The van der Waals surface area contributed by atoms with Gasteiger partial charge in [-0.25, -0.2) is 0 Å². The average Bonchev–Trinajstić information content (AvgIpc) is 3.42. The highest BCUT2D eigenvalue weighted by molar-refractivity contribution is 9.09. The molecule has 0 aliphatic carbocycles. The van der Waals surface area contributed by atoms with Gasteiger partial charge in [0.2, 0.25) is 17.7 Å². The molecule has 3 heterocycles. The number of fused-ring (bicyclic) bond motifs is 2. The van der Waals surface area contributed by atoms with Crippen molar-refractivity contribution < 1.29 is 24.2 Å². The van der Waals surface area contributed by atoms with Crippen LogP contribution >= 0.6 is 15.9 Å². The molecular formula is C25H28BrN3O5. The Hall–Kier alpha value is -2.49. The summed E-state index contributed by atoms with van der Waals surface area (Å²) < 4.78 is 6.40. The number of rotatable bonds is 7. The number of halogens is 1. The number of likely N-dealkylation sites (tertiary alicyclic amines) is 1. The Balaban J connectivity index is 1.50. The predicted molar refractivity (Wildman–Crippen MR) is 130 cm³/mol. The number of carbonyl (C=O) groups excluding carboxylic acids is 3. The van der Waals surface area contributed by atoms with E-state index in [2.05, 4.69) is 26.6 Å². The second kappa shape index (κ2) is 8.94. The number of ether oxygens (including phenoxy) is 1. The highest BCUT2D eigenvalue weighted by Gasteiger charge is 2.76. The van der Waals surface area contributed by atoms with E-state index in [0.717, 1.165) is 10.8 Å². The Labute approximate surface area is 206 Å². The fraction of sp³-hybridized carbons (Fsp3) is 0.480. The van der Waals surface area contributed by atoms with Gasteiger partial charge in [0.1, 0.15) is 11.6 Å². The van der Waals surface area contributed by atoms with E-state index in [-0.39, 0.29) is 29.2 Å². The molecule has 3 aliphatic heterocycles. The maximum atomic E-state index is 13.8. The van der Waals surface area contributed by atoms with Crippen molar-refractivity contribution in [3.63, 3.8) is 0 Å². The minimum Gasteiger partial charge on any atom is -0.396 e. The third-order valence-corrected chi connectivity index (χ3v) is 8.26. The van der Waals surface area contributed by atoms with E-state index in [1.807, 2.05) is 42.5 Å². The van der Waals surface area contributed by atoms with Gasteiger partial charge in [-0.15, -0.1) is 0 Å². The van der Waals surface area contributed by atoms with Crippen LogP contribution in [-0.2, 0) is 19.1 Å². The Morgan fingerprint density at radius 3 is 2.68 bits per heavy atom. The molecule has 0 aromatic heterocycles. The van der Waals surface area contributed by atoms with Gasteiger partial charge in [0.05, 0.1) is 17.9 Å². The number of carbonyl (C=O) groups is 3. The average molecular weight is 530 g/mol. The largest absolute Gasteiger partial charge is 0.396 e. The van der Waals surface area contributed by atoms with Crippen molar-refractivity contribution in [1.29, 1.82) is 0 Å². The highest BCUT2D eigenvalue weighted by atomic mass is 79.9. The molecule has 2 aromatic rings. The van der Waals surface area contributed by atoms with E-state index >= 15 is 0 Å². The fourth-order valence-corrected chi connectivity index (χ4v) is 6.95. The molecule has 8 nitrogen and oxygen atoms in total. The Morgan fingerprint density at radius 1 is 1.18 bits per heavy atom. The van der Waals surface area contributed by atoms with Crippen molar-refractivity contribution in [2.75, 3.05) is 25.5 Å². The van der Waals surface area contributed by atoms with Crippen LogP contribution < -0.4 is 10.6 Å². The number of aliphatic hydroxyl groups is 1. The fourth-order valence-electron chi connectivity index (χ4n) is 6.01. The van der Waals surface area contributed by atoms with Crippen LogP contribution in [-0.4, -0.2) is 70.5 Å². The number of hydrogen-bond acceptors (Lipinski definition) is 5. The van der Waals surface area contributed by atoms with Crippen LogP contribution in [0.15, 0.2) is 42.5 Å². The molecule has 5 rings (SSSR count). The summed E-state index contributed by atoms with van der Waals surface area (Å²) in [5.41, 5.74) is -0.440. The quantitative estimate of drug-likeness (QED) is 0.375. The molecule has 0 radical (unpaired) electrons. The van der Waals surface area contributed by atoms with Gasteiger partial charge in [-0.3, -0.25) is 14.4 Å². The van der Waals surface area contributed by atoms with Gasteiger partial charge < -0.3 is 25.4 Å². The summed E-state index contributed by atoms with van der Waals surface area (Å²) in [5.74, 6) is -2.18. The van der Waals surface area contributed by atoms with Gasteiger partial charge in [0, 0.05) is 30.7 Å². The molecule has 3 amide bonds. The lowest BCUT2D eigenvalue weighted by atomic mass is 9.70. The van der Waals surface area contributed by atoms with Crippen LogP contribution in [0.4, 0.5) is 5.69 Å². The van der Waals surface area contributed by atoms with Crippen molar-refractivity contribution in [3.05, 3.63) is 42.5 Å². The summed E-state index contributed by atoms with van der Waals surface area (Å²) in [7, 11) is 1.55. The molecule has 9 heteroatoms. The molecule has 0 saturated carbocycles. The van der Waals surface area contributed by atoms with Crippen molar-refractivity contribution in [3.8, 4) is 0 Å². The molecule has 3 unspecified atom stereocenters. The molecule has 34 heavy (non-hydrogen) atoms. The van der Waals surface area contributed by atoms with Gasteiger partial charge in [-0.05, 0) is 42.2 Å². The minimum absolute atomic E-state index is 0.00741. The maximum Gasteiger partial charge on any atom is 0.250 e. The van der Waals surface area contributed by atoms with Crippen LogP contribution in [0.2, 0.25) is 0 Å². The third-order valence-electron chi connectivity index (χ3n) is 7.41. The van der Waals surface area contributed by atoms with Crippen LogP contribution in [0.25, 0.3) is 10.8 Å². The molecule has 180 valence electrons.